The molecule has 8 heteroatoms. The molecule has 0 radical (unpaired) electrons. The van der Waals surface area contributed by atoms with Crippen LogP contribution in [0.5, 0.6) is 0 Å². The topological polar surface area (TPSA) is 80.5 Å². The van der Waals surface area contributed by atoms with Gasteiger partial charge in [0.1, 0.15) is 4.87 Å². The average molecular weight is 510 g/mol. The number of nitrogens with zero attached hydrogens (tertiary/aromatic N) is 2. The summed E-state index contributed by atoms with van der Waals surface area (Å²) in [4.78, 5) is 38.1. The van der Waals surface area contributed by atoms with Crippen molar-refractivity contribution in [1.29, 1.82) is 0 Å². The summed E-state index contributed by atoms with van der Waals surface area (Å²) in [6.07, 6.45) is 0. The summed E-state index contributed by atoms with van der Waals surface area (Å²) in [5.41, 5.74) is 3.80. The second-order valence-corrected chi connectivity index (χ2v) is 9.72. The Balaban J connectivity index is 1.57. The van der Waals surface area contributed by atoms with Gasteiger partial charge in [-0.2, -0.15) is 0 Å². The van der Waals surface area contributed by atoms with Gasteiger partial charge in [0, 0.05) is 22.5 Å². The minimum Gasteiger partial charge on any atom is -0.274 e. The molecule has 1 saturated heterocycles. The van der Waals surface area contributed by atoms with E-state index in [2.05, 4.69) is 15.9 Å². The molecule has 32 heavy (non-hydrogen) atoms. The van der Waals surface area contributed by atoms with Crippen LogP contribution in [0.15, 0.2) is 71.2 Å². The molecule has 0 aromatic heterocycles. The van der Waals surface area contributed by atoms with Crippen LogP contribution in [-0.4, -0.2) is 16.7 Å². The highest BCUT2D eigenvalue weighted by Gasteiger charge is 2.68. The number of non-ortho nitro benzene ring substituents is 1. The number of rotatable bonds is 2. The SMILES string of the molecule is O=C1[C@@H]2C3c4ccccc4C(Cl)(c4ccccc43)[C@H]2C(=O)N1c1ccc([N+](=O)[O-])cc1Br. The van der Waals surface area contributed by atoms with Crippen molar-refractivity contribution in [1.82, 2.24) is 0 Å². The number of carbonyl (C=O) groups is 2. The highest BCUT2D eigenvalue weighted by Crippen LogP contribution is 2.66. The summed E-state index contributed by atoms with van der Waals surface area (Å²) in [7, 11) is 0. The Morgan fingerprint density at radius 1 is 0.938 bits per heavy atom. The van der Waals surface area contributed by atoms with E-state index in [0.29, 0.717) is 4.47 Å². The molecular formula is C24H14BrClN2O4. The van der Waals surface area contributed by atoms with Crippen molar-refractivity contribution in [2.24, 2.45) is 11.8 Å². The zero-order chi connectivity index (χ0) is 22.4. The summed E-state index contributed by atoms with van der Waals surface area (Å²) in [5, 5.41) is 11.1. The summed E-state index contributed by atoms with van der Waals surface area (Å²) < 4.78 is 0.304. The lowest BCUT2D eigenvalue weighted by molar-refractivity contribution is -0.384. The van der Waals surface area contributed by atoms with Gasteiger partial charge in [0.15, 0.2) is 0 Å². The average Bonchev–Trinajstić information content (AvgIpc) is 3.06. The fraction of sp³-hybridized carbons (Fsp3) is 0.167. The van der Waals surface area contributed by atoms with Gasteiger partial charge in [0.2, 0.25) is 11.8 Å². The van der Waals surface area contributed by atoms with Crippen LogP contribution in [0, 0.1) is 22.0 Å². The van der Waals surface area contributed by atoms with Crippen LogP contribution in [0.2, 0.25) is 0 Å². The van der Waals surface area contributed by atoms with Gasteiger partial charge in [0.25, 0.3) is 5.69 Å². The van der Waals surface area contributed by atoms with Crippen molar-refractivity contribution >= 4 is 50.7 Å². The van der Waals surface area contributed by atoms with Gasteiger partial charge in [-0.3, -0.25) is 19.7 Å². The molecule has 3 aromatic rings. The molecule has 1 fully saturated rings. The summed E-state index contributed by atoms with van der Waals surface area (Å²) in [5.74, 6) is -2.43. The van der Waals surface area contributed by atoms with E-state index in [1.165, 1.54) is 18.2 Å². The maximum atomic E-state index is 13.8. The molecule has 0 unspecified atom stereocenters. The van der Waals surface area contributed by atoms with E-state index in [-0.39, 0.29) is 23.2 Å². The van der Waals surface area contributed by atoms with E-state index in [9.17, 15) is 19.7 Å². The predicted octanol–water partition coefficient (Wildman–Crippen LogP) is 5.10. The monoisotopic (exact) mass is 508 g/mol. The first-order valence-corrected chi connectivity index (χ1v) is 11.2. The van der Waals surface area contributed by atoms with Crippen LogP contribution in [0.3, 0.4) is 0 Å². The predicted molar refractivity (Wildman–Crippen MR) is 122 cm³/mol. The summed E-state index contributed by atoms with van der Waals surface area (Å²) >= 11 is 10.7. The van der Waals surface area contributed by atoms with Gasteiger partial charge in [-0.1, -0.05) is 48.5 Å². The molecule has 0 saturated carbocycles. The van der Waals surface area contributed by atoms with Gasteiger partial charge >= 0.3 is 0 Å². The molecular weight excluding hydrogens is 496 g/mol. The smallest absolute Gasteiger partial charge is 0.270 e. The van der Waals surface area contributed by atoms with Gasteiger partial charge in [-0.25, -0.2) is 4.90 Å². The van der Waals surface area contributed by atoms with Crippen LogP contribution in [0.25, 0.3) is 0 Å². The molecule has 3 aliphatic carbocycles. The normalized spacial score (nSPS) is 27.2. The number of nitro benzene ring substituents is 1. The number of carbonyl (C=O) groups excluding carboxylic acids is 2. The molecule has 1 heterocycles. The van der Waals surface area contributed by atoms with E-state index >= 15 is 0 Å². The number of benzene rings is 3. The minimum absolute atomic E-state index is 0.133. The standard InChI is InChI=1S/C24H14BrClN2O4/c25-17-11-12(28(31)32)9-10-18(17)27-22(29)20-19-13-5-1-3-7-15(13)24(26,21(20)23(27)30)16-8-4-2-6-14(16)19/h1-11,19-21H/t19?,20-,21-,24?/m1/s1. The van der Waals surface area contributed by atoms with Crippen molar-refractivity contribution < 1.29 is 14.5 Å². The van der Waals surface area contributed by atoms with Crippen LogP contribution in [0.4, 0.5) is 11.4 Å². The number of alkyl halides is 1. The number of hydrogen-bond donors (Lipinski definition) is 0. The van der Waals surface area contributed by atoms with Crippen LogP contribution in [-0.2, 0) is 14.5 Å². The van der Waals surface area contributed by atoms with Gasteiger partial charge < -0.3 is 0 Å². The molecule has 7 rings (SSSR count). The van der Waals surface area contributed by atoms with Crippen molar-refractivity contribution in [3.05, 3.63) is 104 Å². The Bertz CT molecular complexity index is 1330. The van der Waals surface area contributed by atoms with Crippen LogP contribution in [0.1, 0.15) is 28.2 Å². The Kier molecular flexibility index (Phi) is 3.99. The first kappa shape index (κ1) is 19.6. The molecule has 2 bridgehead atoms. The highest BCUT2D eigenvalue weighted by atomic mass is 79.9. The fourth-order valence-corrected chi connectivity index (χ4v) is 6.82. The van der Waals surface area contributed by atoms with Gasteiger partial charge in [-0.05, 0) is 44.3 Å². The van der Waals surface area contributed by atoms with Crippen molar-refractivity contribution in [3.63, 3.8) is 0 Å². The molecule has 0 N–H and O–H groups in total. The maximum Gasteiger partial charge on any atom is 0.270 e. The Hall–Kier alpha value is -3.03. The number of imide groups is 1. The van der Waals surface area contributed by atoms with Crippen LogP contribution >= 0.6 is 27.5 Å². The lowest BCUT2D eigenvalue weighted by Crippen LogP contribution is -2.50. The van der Waals surface area contributed by atoms with E-state index in [4.69, 9.17) is 11.6 Å². The Morgan fingerprint density at radius 2 is 1.53 bits per heavy atom. The molecule has 0 spiro atoms. The number of amides is 2. The van der Waals surface area contributed by atoms with E-state index < -0.39 is 27.5 Å². The lowest BCUT2D eigenvalue weighted by atomic mass is 9.54. The van der Waals surface area contributed by atoms with Crippen LogP contribution < -0.4 is 4.90 Å². The third-order valence-electron chi connectivity index (χ3n) is 6.90. The molecule has 2 atom stereocenters. The first-order valence-electron chi connectivity index (χ1n) is 10.0. The maximum absolute atomic E-state index is 13.8. The Morgan fingerprint density at radius 3 is 2.09 bits per heavy atom. The zero-order valence-electron chi connectivity index (χ0n) is 16.4. The third kappa shape index (κ3) is 2.25. The quantitative estimate of drug-likeness (QED) is 0.208. The summed E-state index contributed by atoms with van der Waals surface area (Å²) in [6.45, 7) is 0. The second-order valence-electron chi connectivity index (χ2n) is 8.27. The number of halogens is 2. The molecule has 4 aliphatic rings. The van der Waals surface area contributed by atoms with Crippen molar-refractivity contribution in [3.8, 4) is 0 Å². The molecule has 158 valence electrons. The second kappa shape index (κ2) is 6.49. The van der Waals surface area contributed by atoms with Gasteiger partial charge in [-0.15, -0.1) is 11.6 Å². The zero-order valence-corrected chi connectivity index (χ0v) is 18.7. The number of anilines is 1. The molecule has 6 nitrogen and oxygen atoms in total. The summed E-state index contributed by atoms with van der Waals surface area (Å²) in [6, 6.07) is 19.5. The van der Waals surface area contributed by atoms with E-state index in [1.807, 2.05) is 48.5 Å². The molecule has 3 aromatic carbocycles. The number of hydrogen-bond acceptors (Lipinski definition) is 4. The number of nitro groups is 1. The molecule has 2 amide bonds. The van der Waals surface area contributed by atoms with Crippen molar-refractivity contribution in [2.75, 3.05) is 4.90 Å². The fourth-order valence-electron chi connectivity index (χ4n) is 5.71. The largest absolute Gasteiger partial charge is 0.274 e. The first-order chi connectivity index (χ1) is 15.4. The Labute approximate surface area is 196 Å². The van der Waals surface area contributed by atoms with Crippen molar-refractivity contribution in [2.45, 2.75) is 10.8 Å². The van der Waals surface area contributed by atoms with E-state index in [1.54, 1.807) is 0 Å². The van der Waals surface area contributed by atoms with Gasteiger partial charge in [0.05, 0.1) is 22.4 Å². The minimum atomic E-state index is -1.17. The van der Waals surface area contributed by atoms with E-state index in [0.717, 1.165) is 27.2 Å². The highest BCUT2D eigenvalue weighted by molar-refractivity contribution is 9.10. The molecule has 1 aliphatic heterocycles. The third-order valence-corrected chi connectivity index (χ3v) is 8.17. The lowest BCUT2D eigenvalue weighted by Gasteiger charge is -2.50.